The van der Waals surface area contributed by atoms with Crippen LogP contribution in [0, 0.1) is 5.41 Å². The Balaban J connectivity index is 2.14. The van der Waals surface area contributed by atoms with Crippen LogP contribution in [0.15, 0.2) is 18.2 Å². The Morgan fingerprint density at radius 3 is 2.73 bits per heavy atom. The van der Waals surface area contributed by atoms with Crippen molar-refractivity contribution in [3.05, 3.63) is 29.3 Å². The van der Waals surface area contributed by atoms with E-state index < -0.39 is 11.4 Å². The van der Waals surface area contributed by atoms with Gasteiger partial charge in [-0.3, -0.25) is 4.79 Å². The summed E-state index contributed by atoms with van der Waals surface area (Å²) in [6.45, 7) is 4.43. The maximum Gasteiger partial charge on any atom is 0.310 e. The van der Waals surface area contributed by atoms with Crippen molar-refractivity contribution >= 4 is 5.97 Å². The summed E-state index contributed by atoms with van der Waals surface area (Å²) in [4.78, 5) is 11.6. The van der Waals surface area contributed by atoms with Gasteiger partial charge in [0, 0.05) is 12.6 Å². The lowest BCUT2D eigenvalue weighted by Crippen LogP contribution is -2.42. The van der Waals surface area contributed by atoms with Crippen molar-refractivity contribution in [1.29, 1.82) is 0 Å². The summed E-state index contributed by atoms with van der Waals surface area (Å²) in [5.74, 6) is 0.192. The number of nitrogens with one attached hydrogen (secondary N) is 1. The van der Waals surface area contributed by atoms with Crippen molar-refractivity contribution in [1.82, 2.24) is 5.32 Å². The molecule has 122 valence electrons. The number of fused-ring (bicyclic) bond motifs is 1. The third kappa shape index (κ3) is 3.27. The highest BCUT2D eigenvalue weighted by Gasteiger charge is 2.35. The molecule has 1 aromatic carbocycles. The van der Waals surface area contributed by atoms with E-state index in [2.05, 4.69) is 17.4 Å². The van der Waals surface area contributed by atoms with E-state index in [0.717, 1.165) is 25.0 Å². The lowest BCUT2D eigenvalue weighted by molar-refractivity contribution is -0.149. The van der Waals surface area contributed by atoms with Crippen LogP contribution in [-0.2, 0) is 11.2 Å². The number of carboxylic acid groups (broad SMARTS) is 1. The molecule has 0 fully saturated rings. The quantitative estimate of drug-likeness (QED) is 0.809. The third-order valence-corrected chi connectivity index (χ3v) is 5.16. The van der Waals surface area contributed by atoms with Crippen LogP contribution >= 0.6 is 0 Å². The topological polar surface area (TPSA) is 58.6 Å². The molecule has 1 aliphatic carbocycles. The van der Waals surface area contributed by atoms with Gasteiger partial charge in [0.25, 0.3) is 0 Å². The van der Waals surface area contributed by atoms with Crippen LogP contribution in [-0.4, -0.2) is 24.7 Å². The maximum absolute atomic E-state index is 11.6. The number of aliphatic carboxylic acids is 1. The predicted octanol–water partition coefficient (Wildman–Crippen LogP) is 3.55. The Morgan fingerprint density at radius 1 is 1.41 bits per heavy atom. The summed E-state index contributed by atoms with van der Waals surface area (Å²) >= 11 is 0. The fraction of sp³-hybridized carbons (Fsp3) is 0.611. The van der Waals surface area contributed by atoms with Gasteiger partial charge in [-0.25, -0.2) is 0 Å². The average Bonchev–Trinajstić information content (AvgIpc) is 2.55. The highest BCUT2D eigenvalue weighted by atomic mass is 16.5. The molecule has 1 unspecified atom stereocenters. The zero-order valence-electron chi connectivity index (χ0n) is 13.8. The molecule has 0 radical (unpaired) electrons. The summed E-state index contributed by atoms with van der Waals surface area (Å²) in [6.07, 6.45) is 4.54. The lowest BCUT2D eigenvalue weighted by Gasteiger charge is -2.32. The Kier molecular flexibility index (Phi) is 5.46. The Labute approximate surface area is 132 Å². The number of carboxylic acids is 1. The van der Waals surface area contributed by atoms with E-state index in [9.17, 15) is 9.90 Å². The van der Waals surface area contributed by atoms with Gasteiger partial charge in [0.05, 0.1) is 12.5 Å². The van der Waals surface area contributed by atoms with E-state index in [0.29, 0.717) is 19.4 Å². The molecule has 0 bridgehead atoms. The van der Waals surface area contributed by atoms with Crippen LogP contribution in [0.3, 0.4) is 0 Å². The van der Waals surface area contributed by atoms with Crippen LogP contribution in [0.5, 0.6) is 5.75 Å². The van der Waals surface area contributed by atoms with E-state index in [1.807, 2.05) is 19.9 Å². The van der Waals surface area contributed by atoms with Crippen LogP contribution in [0.1, 0.15) is 56.7 Å². The van der Waals surface area contributed by atoms with Gasteiger partial charge < -0.3 is 15.2 Å². The molecular formula is C18H27NO3. The Hall–Kier alpha value is -1.55. The summed E-state index contributed by atoms with van der Waals surface area (Å²) in [5.41, 5.74) is 1.94. The Morgan fingerprint density at radius 2 is 2.14 bits per heavy atom. The summed E-state index contributed by atoms with van der Waals surface area (Å²) in [5, 5.41) is 13.1. The van der Waals surface area contributed by atoms with E-state index in [1.54, 1.807) is 7.11 Å². The molecular weight excluding hydrogens is 278 g/mol. The monoisotopic (exact) mass is 305 g/mol. The summed E-state index contributed by atoms with van der Waals surface area (Å²) in [6, 6.07) is 6.45. The van der Waals surface area contributed by atoms with Gasteiger partial charge in [0.15, 0.2) is 0 Å². The van der Waals surface area contributed by atoms with Crippen molar-refractivity contribution < 1.29 is 14.6 Å². The second-order valence-corrected chi connectivity index (χ2v) is 6.18. The number of carbonyl (C=O) groups is 1. The van der Waals surface area contributed by atoms with Crippen LogP contribution in [0.2, 0.25) is 0 Å². The minimum Gasteiger partial charge on any atom is -0.497 e. The second kappa shape index (κ2) is 7.14. The van der Waals surface area contributed by atoms with E-state index in [4.69, 9.17) is 4.74 Å². The van der Waals surface area contributed by atoms with Crippen molar-refractivity contribution in [2.75, 3.05) is 13.7 Å². The smallest absolute Gasteiger partial charge is 0.310 e. The van der Waals surface area contributed by atoms with Gasteiger partial charge in [-0.15, -0.1) is 0 Å². The minimum absolute atomic E-state index is 0.242. The number of hydrogen-bond acceptors (Lipinski definition) is 3. The molecule has 1 aromatic rings. The van der Waals surface area contributed by atoms with Crippen molar-refractivity contribution in [2.45, 2.75) is 52.0 Å². The van der Waals surface area contributed by atoms with Gasteiger partial charge >= 0.3 is 5.97 Å². The number of aryl methyl sites for hydroxylation is 1. The molecule has 22 heavy (non-hydrogen) atoms. The molecule has 1 aliphatic rings. The van der Waals surface area contributed by atoms with Gasteiger partial charge in [-0.2, -0.15) is 0 Å². The minimum atomic E-state index is -0.698. The predicted molar refractivity (Wildman–Crippen MR) is 87.3 cm³/mol. The molecule has 0 heterocycles. The van der Waals surface area contributed by atoms with Crippen molar-refractivity contribution in [3.8, 4) is 5.75 Å². The zero-order valence-corrected chi connectivity index (χ0v) is 13.8. The van der Waals surface area contributed by atoms with E-state index in [1.165, 1.54) is 11.1 Å². The molecule has 0 amide bonds. The van der Waals surface area contributed by atoms with E-state index in [-0.39, 0.29) is 6.04 Å². The standard InChI is InChI=1S/C18H27NO3/c1-4-18(5-2,17(20)21)12-19-16-8-6-7-13-11-14(22-3)9-10-15(13)16/h9-11,16,19H,4-8,12H2,1-3H3,(H,20,21). The van der Waals surface area contributed by atoms with Gasteiger partial charge in [-0.05, 0) is 55.4 Å². The first-order valence-electron chi connectivity index (χ1n) is 8.20. The number of hydrogen-bond donors (Lipinski definition) is 2. The number of ether oxygens (including phenoxy) is 1. The first-order chi connectivity index (χ1) is 10.6. The van der Waals surface area contributed by atoms with Crippen LogP contribution < -0.4 is 10.1 Å². The SMILES string of the molecule is CCC(CC)(CNC1CCCc2cc(OC)ccc21)C(=O)O. The first-order valence-corrected chi connectivity index (χ1v) is 8.20. The fourth-order valence-corrected chi connectivity index (χ4v) is 3.33. The first kappa shape index (κ1) is 16.8. The van der Waals surface area contributed by atoms with Crippen LogP contribution in [0.4, 0.5) is 0 Å². The number of benzene rings is 1. The van der Waals surface area contributed by atoms with Crippen molar-refractivity contribution in [2.24, 2.45) is 5.41 Å². The maximum atomic E-state index is 11.6. The largest absolute Gasteiger partial charge is 0.497 e. The molecule has 0 aliphatic heterocycles. The van der Waals surface area contributed by atoms with E-state index >= 15 is 0 Å². The molecule has 4 heteroatoms. The molecule has 0 saturated carbocycles. The zero-order chi connectivity index (χ0) is 16.2. The summed E-state index contributed by atoms with van der Waals surface area (Å²) < 4.78 is 5.30. The Bertz CT molecular complexity index is 523. The molecule has 2 N–H and O–H groups in total. The van der Waals surface area contributed by atoms with Crippen molar-refractivity contribution in [3.63, 3.8) is 0 Å². The molecule has 1 atom stereocenters. The molecule has 4 nitrogen and oxygen atoms in total. The van der Waals surface area contributed by atoms with Gasteiger partial charge in [0.1, 0.15) is 5.75 Å². The normalized spacial score (nSPS) is 17.9. The molecule has 0 saturated heterocycles. The highest BCUT2D eigenvalue weighted by Crippen LogP contribution is 2.34. The average molecular weight is 305 g/mol. The highest BCUT2D eigenvalue weighted by molar-refractivity contribution is 5.74. The molecule has 2 rings (SSSR count). The lowest BCUT2D eigenvalue weighted by atomic mass is 9.81. The van der Waals surface area contributed by atoms with Gasteiger partial charge in [0.2, 0.25) is 0 Å². The molecule has 0 spiro atoms. The third-order valence-electron chi connectivity index (χ3n) is 5.16. The number of rotatable bonds is 7. The second-order valence-electron chi connectivity index (χ2n) is 6.18. The molecule has 0 aromatic heterocycles. The van der Waals surface area contributed by atoms with Gasteiger partial charge in [-0.1, -0.05) is 19.9 Å². The fourth-order valence-electron chi connectivity index (χ4n) is 3.33. The number of methoxy groups -OCH3 is 1. The summed E-state index contributed by atoms with van der Waals surface area (Å²) in [7, 11) is 1.68. The van der Waals surface area contributed by atoms with Crippen LogP contribution in [0.25, 0.3) is 0 Å².